The van der Waals surface area contributed by atoms with Crippen molar-refractivity contribution in [1.82, 2.24) is 0 Å². The molecule has 15 heteroatoms. The van der Waals surface area contributed by atoms with Gasteiger partial charge in [-0.15, -0.1) is 0 Å². The van der Waals surface area contributed by atoms with E-state index >= 15 is 0 Å². The van der Waals surface area contributed by atoms with Gasteiger partial charge in [-0.3, -0.25) is 0 Å². The molecule has 0 amide bonds. The number of nitrogens with zero attached hydrogens (tertiary/aromatic N) is 2. The van der Waals surface area contributed by atoms with E-state index in [1.54, 1.807) is 0 Å². The second-order valence-electron chi connectivity index (χ2n) is 0.447. The number of hydrogen-bond acceptors (Lipinski definition) is 6. The summed E-state index contributed by atoms with van der Waals surface area (Å²) in [6, 6.07) is 0. The largest absolute Gasteiger partial charge is 2.00 e. The van der Waals surface area contributed by atoms with Gasteiger partial charge in [0.2, 0.25) is 0 Å². The van der Waals surface area contributed by atoms with Crippen LogP contribution in [0.1, 0.15) is 17.1 Å². The van der Waals surface area contributed by atoms with Crippen LogP contribution in [0, 0.1) is 30.6 Å². The first kappa shape index (κ1) is 68.7. The maximum absolute atomic E-state index is 8.25. The summed E-state index contributed by atoms with van der Waals surface area (Å²) in [7, 11) is 0. The van der Waals surface area contributed by atoms with Crippen LogP contribution in [0.2, 0.25) is 0 Å². The van der Waals surface area contributed by atoms with E-state index in [1.807, 2.05) is 0 Å². The van der Waals surface area contributed by atoms with Crippen LogP contribution in [0.25, 0.3) is 0 Å². The van der Waals surface area contributed by atoms with E-state index in [0.717, 1.165) is 0 Å². The molecule has 0 heterocycles. The Hall–Kier alpha value is 1.85. The monoisotopic (exact) mass is 542 g/mol. The molecule has 0 aliphatic heterocycles. The maximum Gasteiger partial charge on any atom is 2.00 e. The van der Waals surface area contributed by atoms with E-state index in [1.165, 1.54) is 0 Å². The first-order valence-electron chi connectivity index (χ1n) is 1.10. The van der Waals surface area contributed by atoms with Crippen molar-refractivity contribution < 1.29 is 143 Å². The average molecular weight is 547 g/mol. The summed E-state index contributed by atoms with van der Waals surface area (Å²) in [5.74, 6) is 0. The molecule has 0 atom stereocenters. The molecule has 0 radical (unpaired) electrons. The average Bonchev–Trinajstić information content (AvgIpc) is 1.25. The second-order valence-corrected chi connectivity index (χ2v) is 0.447. The van der Waals surface area contributed by atoms with Crippen LogP contribution in [0.3, 0.4) is 0 Å². The Labute approximate surface area is 172 Å². The smallest absolute Gasteiger partial charge is 1.00 e. The topological polar surface area (TPSA) is 132 Å². The molecular formula is H12N2Ni7O6. The van der Waals surface area contributed by atoms with Gasteiger partial charge in [0.25, 0.3) is 0 Å². The molecule has 0 saturated carbocycles. The van der Waals surface area contributed by atoms with Gasteiger partial charge in [-0.25, -0.2) is 0 Å². The predicted molar refractivity (Wildman–Crippen MR) is 34.1 cm³/mol. The summed E-state index contributed by atoms with van der Waals surface area (Å²) >= 11 is 0. The van der Waals surface area contributed by atoms with Crippen molar-refractivity contribution in [2.75, 3.05) is 0 Å². The van der Waals surface area contributed by atoms with E-state index < -0.39 is 10.2 Å². The summed E-state index contributed by atoms with van der Waals surface area (Å²) < 4.78 is 0. The fourth-order valence-corrected chi connectivity index (χ4v) is 0. The molecule has 0 aromatic rings. The minimum Gasteiger partial charge on any atom is -1.00 e. The third kappa shape index (κ3) is 885. The maximum atomic E-state index is 8.25. The van der Waals surface area contributed by atoms with Crippen LogP contribution < -0.4 is 0 Å². The molecule has 0 spiro atoms. The molecule has 0 aliphatic rings. The van der Waals surface area contributed by atoms with Crippen molar-refractivity contribution in [3.8, 4) is 0 Å². The van der Waals surface area contributed by atoms with Crippen molar-refractivity contribution in [3.05, 3.63) is 30.6 Å². The zero-order valence-corrected chi connectivity index (χ0v) is 12.5. The van der Waals surface area contributed by atoms with Crippen LogP contribution in [0.4, 0.5) is 0 Å². The van der Waals surface area contributed by atoms with E-state index in [-0.39, 0.29) is 133 Å². The van der Waals surface area contributed by atoms with E-state index in [4.69, 9.17) is 30.6 Å². The summed E-state index contributed by atoms with van der Waals surface area (Å²) in [5, 5.41) is 29.5. The second kappa shape index (κ2) is 56.7. The molecule has 0 fully saturated rings. The van der Waals surface area contributed by atoms with Crippen LogP contribution in [0.15, 0.2) is 0 Å². The first-order chi connectivity index (χ1) is 3.46. The van der Waals surface area contributed by atoms with Gasteiger partial charge in [-0.2, -0.15) is 0 Å². The summed E-state index contributed by atoms with van der Waals surface area (Å²) in [6.45, 7) is 0. The molecule has 0 aliphatic carbocycles. The molecule has 128 valence electrons. The zero-order chi connectivity index (χ0) is 7.15. The van der Waals surface area contributed by atoms with Crippen molar-refractivity contribution in [3.63, 3.8) is 0 Å². The predicted octanol–water partition coefficient (Wildman–Crippen LogP) is 0.854. The van der Waals surface area contributed by atoms with Gasteiger partial charge in [0, 0.05) is 0 Å². The van der Waals surface area contributed by atoms with Crippen LogP contribution in [0.5, 0.6) is 0 Å². The van der Waals surface area contributed by atoms with Crippen molar-refractivity contribution in [2.45, 2.75) is 0 Å². The van der Waals surface area contributed by atoms with E-state index in [0.29, 0.717) is 0 Å². The molecule has 0 rings (SSSR count). The molecule has 0 aromatic heterocycles. The van der Waals surface area contributed by atoms with Gasteiger partial charge in [0.15, 0.2) is 0 Å². The molecule has 0 aromatic carbocycles. The van der Waals surface area contributed by atoms with Gasteiger partial charge in [-0.1, -0.05) is 0 Å². The van der Waals surface area contributed by atoms with E-state index in [9.17, 15) is 0 Å². The zero-order valence-electron chi connectivity index (χ0n) is 17.6. The fraction of sp³-hybridized carbons (Fsp3) is 0. The van der Waals surface area contributed by atoms with Crippen molar-refractivity contribution >= 4 is 0 Å². The standard InChI is InChI=1S/2NO3.7Ni.12H/c2*2-1(3)4;;;;;;;;;;;;;;;;;;;/q2*-1;7*+2;12*-1. The third-order valence-corrected chi connectivity index (χ3v) is 0. The first-order valence-corrected chi connectivity index (χ1v) is 1.10. The Bertz CT molecular complexity index is 106. The van der Waals surface area contributed by atoms with Crippen LogP contribution >= 0.6 is 0 Å². The van der Waals surface area contributed by atoms with Gasteiger partial charge < -0.3 is 47.8 Å². The quantitative estimate of drug-likeness (QED) is 0.251. The van der Waals surface area contributed by atoms with Gasteiger partial charge in [0.1, 0.15) is 0 Å². The number of hydrogen-bond donors (Lipinski definition) is 0. The molecule has 15 heavy (non-hydrogen) atoms. The normalized spacial score (nSPS) is 3.20. The molecule has 8 nitrogen and oxygen atoms in total. The Morgan fingerprint density at radius 1 is 0.533 bits per heavy atom. The van der Waals surface area contributed by atoms with Gasteiger partial charge in [0.05, 0.1) is 10.2 Å². The minimum atomic E-state index is -1.75. The Morgan fingerprint density at radius 3 is 0.533 bits per heavy atom. The molecule has 0 bridgehead atoms. The van der Waals surface area contributed by atoms with Crippen molar-refractivity contribution in [2.24, 2.45) is 0 Å². The molecule has 0 saturated heterocycles. The molecule has 0 unspecified atom stereocenters. The van der Waals surface area contributed by atoms with Crippen LogP contribution in [-0.2, 0) is 115 Å². The molecule has 0 N–H and O–H groups in total. The Kier molecular flexibility index (Phi) is 260. The van der Waals surface area contributed by atoms with Crippen molar-refractivity contribution in [1.29, 1.82) is 0 Å². The van der Waals surface area contributed by atoms with Crippen LogP contribution in [-0.4, -0.2) is 10.2 Å². The number of rotatable bonds is 0. The third-order valence-electron chi connectivity index (χ3n) is 0. The summed E-state index contributed by atoms with van der Waals surface area (Å²) in [6.07, 6.45) is 0. The Balaban J connectivity index is -0.000000000824. The van der Waals surface area contributed by atoms with Gasteiger partial charge >= 0.3 is 115 Å². The summed E-state index contributed by atoms with van der Waals surface area (Å²) in [5.41, 5.74) is 0. The minimum absolute atomic E-state index is 0. The van der Waals surface area contributed by atoms with E-state index in [2.05, 4.69) is 0 Å². The fourth-order valence-electron chi connectivity index (χ4n) is 0. The Morgan fingerprint density at radius 2 is 0.533 bits per heavy atom. The van der Waals surface area contributed by atoms with Gasteiger partial charge in [-0.05, 0) is 0 Å². The summed E-state index contributed by atoms with van der Waals surface area (Å²) in [4.78, 5) is 16.5. The molecular weight excluding hydrogens is 535 g/mol. The SMILES string of the molecule is O=[N+]([O-])[O-].O=[N+]([O-])[O-].[H-].[H-].[H-].[H-].[H-].[H-].[H-].[H-].[H-].[H-].[H-].[H-].[Ni+2].[Ni+2].[Ni+2].[Ni+2].[Ni+2].[Ni+2].[Ni+2].